The third kappa shape index (κ3) is 2.40. The maximum Gasteiger partial charge on any atom is 0.140 e. The summed E-state index contributed by atoms with van der Waals surface area (Å²) >= 11 is 1.78. The van der Waals surface area contributed by atoms with E-state index < -0.39 is 0 Å². The lowest BCUT2D eigenvalue weighted by atomic mass is 9.87. The van der Waals surface area contributed by atoms with Crippen LogP contribution in [0.25, 0.3) is 10.2 Å². The first kappa shape index (κ1) is 13.8. The van der Waals surface area contributed by atoms with Crippen LogP contribution in [-0.4, -0.2) is 29.6 Å². The van der Waals surface area contributed by atoms with Gasteiger partial charge in [-0.05, 0) is 37.3 Å². The Hall–Kier alpha value is -1.20. The number of aryl methyl sites for hydroxylation is 1. The van der Waals surface area contributed by atoms with Crippen molar-refractivity contribution in [1.82, 2.24) is 9.97 Å². The molecular formula is C15H22N4S. The van der Waals surface area contributed by atoms with E-state index in [2.05, 4.69) is 34.8 Å². The van der Waals surface area contributed by atoms with Gasteiger partial charge in [-0.1, -0.05) is 13.8 Å². The molecule has 0 bridgehead atoms. The molecule has 108 valence electrons. The molecule has 0 amide bonds. The van der Waals surface area contributed by atoms with Gasteiger partial charge in [-0.2, -0.15) is 0 Å². The molecule has 3 rings (SSSR count). The zero-order valence-corrected chi connectivity index (χ0v) is 13.0. The van der Waals surface area contributed by atoms with E-state index in [9.17, 15) is 0 Å². The van der Waals surface area contributed by atoms with E-state index in [1.807, 2.05) is 0 Å². The molecule has 4 nitrogen and oxygen atoms in total. The summed E-state index contributed by atoms with van der Waals surface area (Å²) in [5, 5.41) is 1.21. The summed E-state index contributed by atoms with van der Waals surface area (Å²) in [7, 11) is 0. The van der Waals surface area contributed by atoms with E-state index in [4.69, 9.17) is 5.73 Å². The fourth-order valence-corrected chi connectivity index (χ4v) is 3.90. The second kappa shape index (κ2) is 5.66. The lowest BCUT2D eigenvalue weighted by molar-refractivity contribution is 0.307. The highest BCUT2D eigenvalue weighted by atomic mass is 32.1. The van der Waals surface area contributed by atoms with Crippen LogP contribution < -0.4 is 10.6 Å². The molecule has 0 aromatic carbocycles. The Morgan fingerprint density at radius 1 is 1.45 bits per heavy atom. The van der Waals surface area contributed by atoms with Crippen LogP contribution in [0.3, 0.4) is 0 Å². The molecular weight excluding hydrogens is 268 g/mol. The van der Waals surface area contributed by atoms with Crippen molar-refractivity contribution in [3.05, 3.63) is 17.3 Å². The zero-order chi connectivity index (χ0) is 14.1. The average Bonchev–Trinajstić information content (AvgIpc) is 2.91. The molecule has 0 spiro atoms. The highest BCUT2D eigenvalue weighted by Gasteiger charge is 2.27. The summed E-state index contributed by atoms with van der Waals surface area (Å²) < 4.78 is 0. The minimum Gasteiger partial charge on any atom is -0.356 e. The number of hydrogen-bond acceptors (Lipinski definition) is 5. The number of anilines is 1. The molecule has 0 saturated carbocycles. The van der Waals surface area contributed by atoms with Gasteiger partial charge in [-0.3, -0.25) is 0 Å². The number of thiophene rings is 1. The van der Waals surface area contributed by atoms with Gasteiger partial charge in [0.2, 0.25) is 0 Å². The third-order valence-electron chi connectivity index (χ3n) is 4.42. The standard InChI is InChI=1S/C15H22N4S/c1-3-12-6-13-14(17-9-18-15(13)20-12)19-5-4-10(2)11(7-16)8-19/h6,9-11H,3-5,7-8,16H2,1-2H3. The number of aromatic nitrogens is 2. The minimum atomic E-state index is 0.568. The predicted molar refractivity (Wildman–Crippen MR) is 85.3 cm³/mol. The number of hydrogen-bond donors (Lipinski definition) is 1. The van der Waals surface area contributed by atoms with Crippen LogP contribution in [0.5, 0.6) is 0 Å². The van der Waals surface area contributed by atoms with Crippen LogP contribution in [0.4, 0.5) is 5.82 Å². The van der Waals surface area contributed by atoms with Gasteiger partial charge in [0.05, 0.1) is 5.39 Å². The Labute approximate surface area is 124 Å². The summed E-state index contributed by atoms with van der Waals surface area (Å²) in [5.41, 5.74) is 5.91. The smallest absolute Gasteiger partial charge is 0.140 e. The van der Waals surface area contributed by atoms with Crippen molar-refractivity contribution in [2.24, 2.45) is 17.6 Å². The van der Waals surface area contributed by atoms with Gasteiger partial charge in [0, 0.05) is 18.0 Å². The molecule has 5 heteroatoms. The van der Waals surface area contributed by atoms with Gasteiger partial charge in [-0.25, -0.2) is 9.97 Å². The Morgan fingerprint density at radius 2 is 2.30 bits per heavy atom. The van der Waals surface area contributed by atoms with Crippen molar-refractivity contribution >= 4 is 27.4 Å². The number of fused-ring (bicyclic) bond motifs is 1. The summed E-state index contributed by atoms with van der Waals surface area (Å²) in [6.45, 7) is 7.34. The second-order valence-corrected chi connectivity index (χ2v) is 6.81. The topological polar surface area (TPSA) is 55.0 Å². The van der Waals surface area contributed by atoms with Crippen LogP contribution in [0.1, 0.15) is 25.1 Å². The number of piperidine rings is 1. The Balaban J connectivity index is 1.95. The first-order valence-corrected chi connectivity index (χ1v) is 8.23. The molecule has 0 aliphatic carbocycles. The molecule has 1 fully saturated rings. The molecule has 1 aliphatic rings. The van der Waals surface area contributed by atoms with Crippen molar-refractivity contribution in [2.45, 2.75) is 26.7 Å². The third-order valence-corrected chi connectivity index (χ3v) is 5.61. The average molecular weight is 290 g/mol. The van der Waals surface area contributed by atoms with E-state index >= 15 is 0 Å². The Bertz CT molecular complexity index is 595. The number of nitrogens with zero attached hydrogens (tertiary/aromatic N) is 3. The fourth-order valence-electron chi connectivity index (χ4n) is 2.97. The van der Waals surface area contributed by atoms with Gasteiger partial charge in [0.1, 0.15) is 17.0 Å². The zero-order valence-electron chi connectivity index (χ0n) is 12.2. The highest BCUT2D eigenvalue weighted by molar-refractivity contribution is 7.18. The first-order chi connectivity index (χ1) is 9.72. The fraction of sp³-hybridized carbons (Fsp3) is 0.600. The van der Waals surface area contributed by atoms with Crippen LogP contribution in [0, 0.1) is 11.8 Å². The van der Waals surface area contributed by atoms with E-state index in [0.717, 1.165) is 36.7 Å². The maximum absolute atomic E-state index is 5.91. The lowest BCUT2D eigenvalue weighted by Crippen LogP contribution is -2.43. The van der Waals surface area contributed by atoms with Crippen molar-refractivity contribution in [3.8, 4) is 0 Å². The number of rotatable bonds is 3. The summed E-state index contributed by atoms with van der Waals surface area (Å²) in [5.74, 6) is 2.37. The molecule has 2 unspecified atom stereocenters. The lowest BCUT2D eigenvalue weighted by Gasteiger charge is -2.37. The van der Waals surface area contributed by atoms with Crippen molar-refractivity contribution in [3.63, 3.8) is 0 Å². The molecule has 2 aromatic rings. The van der Waals surface area contributed by atoms with Gasteiger partial charge >= 0.3 is 0 Å². The Kier molecular flexibility index (Phi) is 3.89. The number of nitrogens with two attached hydrogens (primary N) is 1. The molecule has 0 radical (unpaired) electrons. The summed E-state index contributed by atoms with van der Waals surface area (Å²) in [6.07, 6.45) is 3.95. The predicted octanol–water partition coefficient (Wildman–Crippen LogP) is 2.67. The maximum atomic E-state index is 5.91. The molecule has 1 saturated heterocycles. The SMILES string of the molecule is CCc1cc2c(N3CCC(C)C(CN)C3)ncnc2s1. The van der Waals surface area contributed by atoms with E-state index in [1.54, 1.807) is 17.7 Å². The van der Waals surface area contributed by atoms with Crippen LogP contribution in [0.2, 0.25) is 0 Å². The Morgan fingerprint density at radius 3 is 3.05 bits per heavy atom. The summed E-state index contributed by atoms with van der Waals surface area (Å²) in [4.78, 5) is 13.8. The first-order valence-electron chi connectivity index (χ1n) is 7.41. The second-order valence-electron chi connectivity index (χ2n) is 5.69. The van der Waals surface area contributed by atoms with Crippen LogP contribution >= 0.6 is 11.3 Å². The van der Waals surface area contributed by atoms with Crippen molar-refractivity contribution in [1.29, 1.82) is 0 Å². The van der Waals surface area contributed by atoms with E-state index in [-0.39, 0.29) is 0 Å². The van der Waals surface area contributed by atoms with E-state index in [1.165, 1.54) is 16.7 Å². The van der Waals surface area contributed by atoms with Crippen LogP contribution in [-0.2, 0) is 6.42 Å². The van der Waals surface area contributed by atoms with Crippen LogP contribution in [0.15, 0.2) is 12.4 Å². The summed E-state index contributed by atoms with van der Waals surface area (Å²) in [6, 6.07) is 2.25. The van der Waals surface area contributed by atoms with Gasteiger partial charge in [0.15, 0.2) is 0 Å². The van der Waals surface area contributed by atoms with Gasteiger partial charge in [0.25, 0.3) is 0 Å². The molecule has 1 aliphatic heterocycles. The molecule has 3 heterocycles. The minimum absolute atomic E-state index is 0.568. The molecule has 20 heavy (non-hydrogen) atoms. The van der Waals surface area contributed by atoms with Gasteiger partial charge in [-0.15, -0.1) is 11.3 Å². The molecule has 2 N–H and O–H groups in total. The quantitative estimate of drug-likeness (QED) is 0.944. The molecule has 2 aromatic heterocycles. The van der Waals surface area contributed by atoms with E-state index in [0.29, 0.717) is 11.8 Å². The largest absolute Gasteiger partial charge is 0.356 e. The monoisotopic (exact) mass is 290 g/mol. The van der Waals surface area contributed by atoms with Crippen molar-refractivity contribution < 1.29 is 0 Å². The molecule has 2 atom stereocenters. The van der Waals surface area contributed by atoms with Gasteiger partial charge < -0.3 is 10.6 Å². The highest BCUT2D eigenvalue weighted by Crippen LogP contribution is 2.33. The van der Waals surface area contributed by atoms with Crippen molar-refractivity contribution in [2.75, 3.05) is 24.5 Å². The normalized spacial score (nSPS) is 23.4.